The fraction of sp³-hybridized carbons (Fsp3) is 0.300. The van der Waals surface area contributed by atoms with E-state index in [0.29, 0.717) is 10.6 Å². The van der Waals surface area contributed by atoms with Gasteiger partial charge in [0.05, 0.1) is 22.3 Å². The highest BCUT2D eigenvalue weighted by atomic mass is 35.5. The van der Waals surface area contributed by atoms with E-state index in [1.54, 1.807) is 12.1 Å². The summed E-state index contributed by atoms with van der Waals surface area (Å²) < 4.78 is 0. The van der Waals surface area contributed by atoms with Crippen LogP contribution < -0.4 is 4.90 Å². The lowest BCUT2D eigenvalue weighted by molar-refractivity contribution is 0.968. The van der Waals surface area contributed by atoms with Gasteiger partial charge >= 0.3 is 0 Å². The van der Waals surface area contributed by atoms with E-state index in [4.69, 9.17) is 16.9 Å². The summed E-state index contributed by atoms with van der Waals surface area (Å²) in [6.07, 6.45) is 0. The predicted octanol–water partition coefficient (Wildman–Crippen LogP) is 2.67. The molecular weight excluding hydrogens is 184 g/mol. The molecule has 0 fully saturated rings. The minimum absolute atomic E-state index is 0.596. The number of nitriles is 1. The van der Waals surface area contributed by atoms with E-state index in [9.17, 15) is 0 Å². The van der Waals surface area contributed by atoms with E-state index >= 15 is 0 Å². The number of anilines is 1. The first kappa shape index (κ1) is 9.88. The molecule has 1 rings (SSSR count). The van der Waals surface area contributed by atoms with Crippen LogP contribution in [0.2, 0.25) is 5.02 Å². The Morgan fingerprint density at radius 2 is 2.23 bits per heavy atom. The van der Waals surface area contributed by atoms with Crippen molar-refractivity contribution in [3.05, 3.63) is 28.8 Å². The molecule has 1 aromatic rings. The number of rotatable bonds is 2. The van der Waals surface area contributed by atoms with Crippen LogP contribution >= 0.6 is 11.6 Å². The van der Waals surface area contributed by atoms with Crippen LogP contribution in [0.4, 0.5) is 5.69 Å². The summed E-state index contributed by atoms with van der Waals surface area (Å²) >= 11 is 5.99. The molecule has 2 nitrogen and oxygen atoms in total. The molecular formula is C10H11ClN2. The van der Waals surface area contributed by atoms with Crippen molar-refractivity contribution < 1.29 is 0 Å². The highest BCUT2D eigenvalue weighted by molar-refractivity contribution is 6.33. The smallest absolute Gasteiger partial charge is 0.0992 e. The second-order valence-corrected chi connectivity index (χ2v) is 3.20. The van der Waals surface area contributed by atoms with Gasteiger partial charge in [0, 0.05) is 13.6 Å². The van der Waals surface area contributed by atoms with Crippen molar-refractivity contribution in [2.75, 3.05) is 18.5 Å². The summed E-state index contributed by atoms with van der Waals surface area (Å²) in [6, 6.07) is 7.37. The van der Waals surface area contributed by atoms with E-state index < -0.39 is 0 Å². The topological polar surface area (TPSA) is 27.0 Å². The van der Waals surface area contributed by atoms with Crippen LogP contribution in [-0.2, 0) is 0 Å². The second-order valence-electron chi connectivity index (χ2n) is 2.79. The monoisotopic (exact) mass is 194 g/mol. The highest BCUT2D eigenvalue weighted by Gasteiger charge is 2.04. The summed E-state index contributed by atoms with van der Waals surface area (Å²) in [5.41, 5.74) is 1.56. The average molecular weight is 195 g/mol. The van der Waals surface area contributed by atoms with Crippen LogP contribution in [0.5, 0.6) is 0 Å². The zero-order valence-corrected chi connectivity index (χ0v) is 8.47. The molecule has 0 atom stereocenters. The van der Waals surface area contributed by atoms with Gasteiger partial charge in [-0.05, 0) is 25.1 Å². The minimum atomic E-state index is 0.596. The van der Waals surface area contributed by atoms with Crippen molar-refractivity contribution in [3.8, 4) is 6.07 Å². The molecule has 0 bridgehead atoms. The van der Waals surface area contributed by atoms with E-state index in [0.717, 1.165) is 12.2 Å². The molecule has 0 aliphatic rings. The molecule has 0 aromatic heterocycles. The van der Waals surface area contributed by atoms with Gasteiger partial charge in [-0.15, -0.1) is 0 Å². The van der Waals surface area contributed by atoms with Crippen LogP contribution in [0.15, 0.2) is 18.2 Å². The van der Waals surface area contributed by atoms with Gasteiger partial charge in [-0.2, -0.15) is 5.26 Å². The third-order valence-electron chi connectivity index (χ3n) is 1.96. The van der Waals surface area contributed by atoms with E-state index in [1.165, 1.54) is 0 Å². The van der Waals surface area contributed by atoms with E-state index in [1.807, 2.05) is 24.1 Å². The second kappa shape index (κ2) is 4.15. The molecule has 0 amide bonds. The molecule has 0 aliphatic carbocycles. The molecule has 68 valence electrons. The Labute approximate surface area is 83.3 Å². The Balaban J connectivity index is 3.07. The maximum Gasteiger partial charge on any atom is 0.0992 e. The third-order valence-corrected chi connectivity index (χ3v) is 2.27. The lowest BCUT2D eigenvalue weighted by Gasteiger charge is -2.17. The Bertz CT molecular complexity index is 341. The minimum Gasteiger partial charge on any atom is -0.374 e. The molecule has 0 unspecified atom stereocenters. The summed E-state index contributed by atoms with van der Waals surface area (Å²) in [6.45, 7) is 2.94. The van der Waals surface area contributed by atoms with Gasteiger partial charge in [-0.1, -0.05) is 11.6 Å². The first-order chi connectivity index (χ1) is 6.19. The average Bonchev–Trinajstić information content (AvgIpc) is 2.16. The summed E-state index contributed by atoms with van der Waals surface area (Å²) in [5.74, 6) is 0. The largest absolute Gasteiger partial charge is 0.374 e. The highest BCUT2D eigenvalue weighted by Crippen LogP contribution is 2.25. The first-order valence-corrected chi connectivity index (χ1v) is 4.47. The van der Waals surface area contributed by atoms with Crippen LogP contribution in [0.1, 0.15) is 12.5 Å². The van der Waals surface area contributed by atoms with Crippen molar-refractivity contribution in [1.29, 1.82) is 5.26 Å². The molecule has 0 heterocycles. The van der Waals surface area contributed by atoms with Gasteiger partial charge < -0.3 is 4.90 Å². The van der Waals surface area contributed by atoms with Gasteiger partial charge in [-0.25, -0.2) is 0 Å². The van der Waals surface area contributed by atoms with Gasteiger partial charge in [0.25, 0.3) is 0 Å². The first-order valence-electron chi connectivity index (χ1n) is 4.09. The quantitative estimate of drug-likeness (QED) is 0.724. The fourth-order valence-corrected chi connectivity index (χ4v) is 1.38. The van der Waals surface area contributed by atoms with Crippen LogP contribution in [0, 0.1) is 11.3 Å². The Hall–Kier alpha value is -1.20. The van der Waals surface area contributed by atoms with Gasteiger partial charge in [0.2, 0.25) is 0 Å². The van der Waals surface area contributed by atoms with Crippen molar-refractivity contribution in [2.24, 2.45) is 0 Å². The van der Waals surface area contributed by atoms with Crippen LogP contribution in [0.3, 0.4) is 0 Å². The zero-order valence-electron chi connectivity index (χ0n) is 7.71. The lowest BCUT2D eigenvalue weighted by atomic mass is 10.2. The van der Waals surface area contributed by atoms with Gasteiger partial charge in [0.1, 0.15) is 0 Å². The van der Waals surface area contributed by atoms with Crippen molar-refractivity contribution in [3.63, 3.8) is 0 Å². The lowest BCUT2D eigenvalue weighted by Crippen LogP contribution is -2.15. The molecule has 13 heavy (non-hydrogen) atoms. The van der Waals surface area contributed by atoms with Crippen molar-refractivity contribution >= 4 is 17.3 Å². The maximum atomic E-state index is 8.63. The fourth-order valence-electron chi connectivity index (χ4n) is 1.06. The van der Waals surface area contributed by atoms with Crippen LogP contribution in [-0.4, -0.2) is 13.6 Å². The predicted molar refractivity (Wildman–Crippen MR) is 55.1 cm³/mol. The Kier molecular flexibility index (Phi) is 3.16. The summed E-state index contributed by atoms with van der Waals surface area (Å²) in [4.78, 5) is 2.03. The number of hydrogen-bond acceptors (Lipinski definition) is 2. The standard InChI is InChI=1S/C10H11ClN2/c1-3-13(2)10-5-4-8(7-12)6-9(10)11/h4-6H,3H2,1-2H3. The van der Waals surface area contributed by atoms with Gasteiger partial charge in [-0.3, -0.25) is 0 Å². The van der Waals surface area contributed by atoms with Crippen LogP contribution in [0.25, 0.3) is 0 Å². The van der Waals surface area contributed by atoms with E-state index in [2.05, 4.69) is 6.92 Å². The number of hydrogen-bond donors (Lipinski definition) is 0. The number of benzene rings is 1. The normalized spacial score (nSPS) is 9.38. The molecule has 0 saturated heterocycles. The number of nitrogens with zero attached hydrogens (tertiary/aromatic N) is 2. The molecule has 0 radical (unpaired) electrons. The molecule has 0 spiro atoms. The summed E-state index contributed by atoms with van der Waals surface area (Å²) in [7, 11) is 1.97. The maximum absolute atomic E-state index is 8.63. The third kappa shape index (κ3) is 2.13. The molecule has 3 heteroatoms. The molecule has 0 saturated carbocycles. The summed E-state index contributed by atoms with van der Waals surface area (Å²) in [5, 5.41) is 9.25. The Morgan fingerprint density at radius 3 is 2.69 bits per heavy atom. The van der Waals surface area contributed by atoms with Gasteiger partial charge in [0.15, 0.2) is 0 Å². The van der Waals surface area contributed by atoms with E-state index in [-0.39, 0.29) is 0 Å². The molecule has 0 aliphatic heterocycles. The Morgan fingerprint density at radius 1 is 1.54 bits per heavy atom. The molecule has 0 N–H and O–H groups in total. The van der Waals surface area contributed by atoms with Crippen molar-refractivity contribution in [2.45, 2.75) is 6.92 Å². The number of halogens is 1. The molecule has 1 aromatic carbocycles. The zero-order chi connectivity index (χ0) is 9.84. The SMILES string of the molecule is CCN(C)c1ccc(C#N)cc1Cl. The van der Waals surface area contributed by atoms with Crippen molar-refractivity contribution in [1.82, 2.24) is 0 Å².